The van der Waals surface area contributed by atoms with Gasteiger partial charge in [-0.25, -0.2) is 4.98 Å². The third-order valence-corrected chi connectivity index (χ3v) is 8.36. The normalized spacial score (nSPS) is 13.5. The Balaban J connectivity index is 1.36. The number of aromatic amines is 1. The number of ether oxygens (including phenoxy) is 2. The number of hydrogen-bond donors (Lipinski definition) is 3. The van der Waals surface area contributed by atoms with Crippen LogP contribution < -0.4 is 25.6 Å². The number of nitrogens with zero attached hydrogens (tertiary/aromatic N) is 6. The lowest BCUT2D eigenvalue weighted by molar-refractivity contribution is 0.122. The van der Waals surface area contributed by atoms with E-state index in [4.69, 9.17) is 14.5 Å². The standard InChI is InChI=1S/C29H32N9O2P/c1-18-15-32-29(37-28(18)35-22-6-5-21-26(27(22)41(3)4)31-8-7-30-21)36-23-13-20(19-16-33-34-17-19)24(14-25(23)39-2)38-9-11-40-12-10-38/h5-8,13-17H,9-12H2,1-4H3,(H,33,34)(H2,32,35,36,37). The van der Waals surface area contributed by atoms with Gasteiger partial charge >= 0.3 is 0 Å². The first-order valence-corrected chi connectivity index (χ1v) is 15.6. The number of benzene rings is 2. The molecular weight excluding hydrogens is 537 g/mol. The largest absolute Gasteiger partial charge is 0.494 e. The van der Waals surface area contributed by atoms with Gasteiger partial charge in [-0.2, -0.15) is 10.1 Å². The van der Waals surface area contributed by atoms with Gasteiger partial charge in [-0.05, 0) is 38.5 Å². The van der Waals surface area contributed by atoms with Gasteiger partial charge < -0.3 is 25.0 Å². The van der Waals surface area contributed by atoms with Gasteiger partial charge in [0.1, 0.15) is 11.6 Å². The number of hydrogen-bond acceptors (Lipinski definition) is 10. The molecule has 5 aromatic rings. The number of anilines is 5. The summed E-state index contributed by atoms with van der Waals surface area (Å²) in [6, 6.07) is 8.15. The number of rotatable bonds is 8. The molecule has 0 radical (unpaired) electrons. The molecule has 210 valence electrons. The van der Waals surface area contributed by atoms with Gasteiger partial charge in [0.15, 0.2) is 0 Å². The monoisotopic (exact) mass is 569 g/mol. The highest BCUT2D eigenvalue weighted by Gasteiger charge is 2.21. The van der Waals surface area contributed by atoms with Crippen LogP contribution in [0.1, 0.15) is 5.56 Å². The molecule has 12 heteroatoms. The quantitative estimate of drug-likeness (QED) is 0.224. The van der Waals surface area contributed by atoms with E-state index >= 15 is 0 Å². The number of nitrogens with one attached hydrogen (secondary N) is 3. The zero-order valence-electron chi connectivity index (χ0n) is 23.5. The molecule has 1 aliphatic heterocycles. The Kier molecular flexibility index (Phi) is 7.63. The predicted molar refractivity (Wildman–Crippen MR) is 165 cm³/mol. The van der Waals surface area contributed by atoms with Gasteiger partial charge in [-0.1, -0.05) is 7.92 Å². The molecule has 0 aliphatic carbocycles. The summed E-state index contributed by atoms with van der Waals surface area (Å²) in [5, 5.41) is 15.2. The molecule has 1 fully saturated rings. The van der Waals surface area contributed by atoms with Crippen molar-refractivity contribution < 1.29 is 9.47 Å². The zero-order valence-corrected chi connectivity index (χ0v) is 24.4. The average molecular weight is 570 g/mol. The fourth-order valence-corrected chi connectivity index (χ4v) is 6.19. The molecule has 1 saturated heterocycles. The highest BCUT2D eigenvalue weighted by Crippen LogP contribution is 2.40. The minimum absolute atomic E-state index is 0.450. The maximum atomic E-state index is 5.83. The number of aryl methyl sites for hydroxylation is 1. The van der Waals surface area contributed by atoms with Crippen molar-refractivity contribution in [2.45, 2.75) is 6.92 Å². The number of methoxy groups -OCH3 is 1. The molecule has 0 saturated carbocycles. The second-order valence-corrected chi connectivity index (χ2v) is 12.1. The topological polar surface area (TPSA) is 126 Å². The number of fused-ring (bicyclic) bond motifs is 1. The highest BCUT2D eigenvalue weighted by molar-refractivity contribution is 7.65. The second kappa shape index (κ2) is 11.6. The van der Waals surface area contributed by atoms with E-state index in [0.29, 0.717) is 30.7 Å². The minimum Gasteiger partial charge on any atom is -0.494 e. The molecule has 0 spiro atoms. The number of morpholine rings is 1. The Labute approximate surface area is 239 Å². The molecule has 2 aromatic carbocycles. The molecule has 0 amide bonds. The number of H-pyrrole nitrogens is 1. The summed E-state index contributed by atoms with van der Waals surface area (Å²) >= 11 is 0. The SMILES string of the molecule is COc1cc(N2CCOCC2)c(-c2cn[nH]c2)cc1Nc1ncc(C)c(Nc2ccc3nccnc3c2P(C)C)n1. The van der Waals surface area contributed by atoms with E-state index in [1.165, 1.54) is 0 Å². The molecule has 41 heavy (non-hydrogen) atoms. The first-order chi connectivity index (χ1) is 20.0. The maximum Gasteiger partial charge on any atom is 0.229 e. The van der Waals surface area contributed by atoms with Gasteiger partial charge in [0.05, 0.1) is 43.2 Å². The third-order valence-electron chi connectivity index (χ3n) is 7.01. The Bertz CT molecular complexity index is 1670. The van der Waals surface area contributed by atoms with E-state index < -0.39 is 7.92 Å². The zero-order chi connectivity index (χ0) is 28.3. The molecule has 1 aliphatic rings. The molecule has 4 heterocycles. The first-order valence-electron chi connectivity index (χ1n) is 13.3. The van der Waals surface area contributed by atoms with E-state index in [2.05, 4.69) is 66.1 Å². The van der Waals surface area contributed by atoms with Crippen molar-refractivity contribution in [1.29, 1.82) is 0 Å². The predicted octanol–water partition coefficient (Wildman–Crippen LogP) is 4.82. The van der Waals surface area contributed by atoms with Crippen molar-refractivity contribution in [2.75, 3.05) is 62.3 Å². The summed E-state index contributed by atoms with van der Waals surface area (Å²) in [5.74, 6) is 1.85. The summed E-state index contributed by atoms with van der Waals surface area (Å²) in [4.78, 5) is 20.9. The molecular formula is C29H32N9O2P. The van der Waals surface area contributed by atoms with Crippen LogP contribution >= 0.6 is 7.92 Å². The average Bonchev–Trinajstić information content (AvgIpc) is 3.54. The lowest BCUT2D eigenvalue weighted by Gasteiger charge is -2.31. The number of aromatic nitrogens is 6. The van der Waals surface area contributed by atoms with E-state index in [0.717, 1.165) is 63.2 Å². The summed E-state index contributed by atoms with van der Waals surface area (Å²) in [7, 11) is 1.20. The van der Waals surface area contributed by atoms with E-state index in [1.807, 2.05) is 37.6 Å². The molecule has 6 rings (SSSR count). The van der Waals surface area contributed by atoms with Crippen molar-refractivity contribution in [1.82, 2.24) is 30.1 Å². The van der Waals surface area contributed by atoms with E-state index in [-0.39, 0.29) is 0 Å². The van der Waals surface area contributed by atoms with Crippen LogP contribution in [0.15, 0.2) is 55.2 Å². The van der Waals surface area contributed by atoms with E-state index in [1.54, 1.807) is 19.5 Å². The summed E-state index contributed by atoms with van der Waals surface area (Å²) < 4.78 is 11.4. The Morgan fingerprint density at radius 3 is 2.59 bits per heavy atom. The highest BCUT2D eigenvalue weighted by atomic mass is 31.1. The van der Waals surface area contributed by atoms with Crippen molar-refractivity contribution in [3.05, 3.63) is 60.8 Å². The molecule has 0 bridgehead atoms. The molecule has 0 unspecified atom stereocenters. The summed E-state index contributed by atoms with van der Waals surface area (Å²) in [5.41, 5.74) is 7.50. The Morgan fingerprint density at radius 1 is 1.00 bits per heavy atom. The van der Waals surface area contributed by atoms with Crippen LogP contribution in [0.3, 0.4) is 0 Å². The van der Waals surface area contributed by atoms with E-state index in [9.17, 15) is 0 Å². The molecule has 3 aromatic heterocycles. The van der Waals surface area contributed by atoms with Crippen molar-refractivity contribution in [3.8, 4) is 16.9 Å². The lowest BCUT2D eigenvalue weighted by atomic mass is 10.0. The van der Waals surface area contributed by atoms with Crippen LogP contribution in [0.2, 0.25) is 0 Å². The molecule has 3 N–H and O–H groups in total. The van der Waals surface area contributed by atoms with Gasteiger partial charge in [-0.3, -0.25) is 15.1 Å². The van der Waals surface area contributed by atoms with Crippen molar-refractivity contribution >= 4 is 53.1 Å². The van der Waals surface area contributed by atoms with Gasteiger partial charge in [0.25, 0.3) is 0 Å². The minimum atomic E-state index is -0.467. The van der Waals surface area contributed by atoms with Crippen LogP contribution in [-0.2, 0) is 4.74 Å². The molecule has 0 atom stereocenters. The van der Waals surface area contributed by atoms with Gasteiger partial charge in [0.2, 0.25) is 5.95 Å². The Morgan fingerprint density at radius 2 is 1.83 bits per heavy atom. The lowest BCUT2D eigenvalue weighted by Crippen LogP contribution is -2.36. The summed E-state index contributed by atoms with van der Waals surface area (Å²) in [6.45, 7) is 9.39. The van der Waals surface area contributed by atoms with Gasteiger partial charge in [0, 0.05) is 77.3 Å². The van der Waals surface area contributed by atoms with Crippen molar-refractivity contribution in [3.63, 3.8) is 0 Å². The second-order valence-electron chi connectivity index (χ2n) is 9.91. The van der Waals surface area contributed by atoms with Crippen LogP contribution in [0.4, 0.5) is 28.8 Å². The van der Waals surface area contributed by atoms with Gasteiger partial charge in [-0.15, -0.1) is 0 Å². The summed E-state index contributed by atoms with van der Waals surface area (Å²) in [6.07, 6.45) is 8.98. The van der Waals surface area contributed by atoms with Crippen molar-refractivity contribution in [2.24, 2.45) is 0 Å². The maximum absolute atomic E-state index is 5.83. The fourth-order valence-electron chi connectivity index (χ4n) is 4.98. The smallest absolute Gasteiger partial charge is 0.229 e. The van der Waals surface area contributed by atoms with Crippen LogP contribution in [-0.4, -0.2) is 76.9 Å². The third kappa shape index (κ3) is 5.51. The Hall–Kier alpha value is -4.34. The first kappa shape index (κ1) is 26.9. The fraction of sp³-hybridized carbons (Fsp3) is 0.276. The molecule has 11 nitrogen and oxygen atoms in total. The van der Waals surface area contributed by atoms with Crippen LogP contribution in [0.5, 0.6) is 5.75 Å². The van der Waals surface area contributed by atoms with Crippen LogP contribution in [0.25, 0.3) is 22.2 Å². The van der Waals surface area contributed by atoms with Crippen LogP contribution in [0, 0.1) is 6.92 Å².